The van der Waals surface area contributed by atoms with Gasteiger partial charge in [0.25, 0.3) is 0 Å². The van der Waals surface area contributed by atoms with Crippen molar-refractivity contribution in [2.75, 3.05) is 0 Å². The zero-order valence-corrected chi connectivity index (χ0v) is 9.22. The fraction of sp³-hybridized carbons (Fsp3) is 0.538. The number of hydrogen-bond acceptors (Lipinski definition) is 0. The van der Waals surface area contributed by atoms with E-state index < -0.39 is 0 Å². The summed E-state index contributed by atoms with van der Waals surface area (Å²) in [6.45, 7) is 10.6. The predicted octanol–water partition coefficient (Wildman–Crippen LogP) is 4.50. The van der Waals surface area contributed by atoms with E-state index in [-0.39, 0.29) is 0 Å². The SMILES string of the molecule is C=C(/C=C\C=C/CC)CC(C)CC. The van der Waals surface area contributed by atoms with Crippen molar-refractivity contribution in [1.82, 2.24) is 0 Å². The van der Waals surface area contributed by atoms with Gasteiger partial charge in [-0.25, -0.2) is 0 Å². The lowest BCUT2D eigenvalue weighted by Crippen LogP contribution is -1.91. The first-order valence-corrected chi connectivity index (χ1v) is 5.21. The molecule has 0 rings (SSSR count). The Labute approximate surface area is 83.0 Å². The van der Waals surface area contributed by atoms with Gasteiger partial charge in [-0.2, -0.15) is 0 Å². The van der Waals surface area contributed by atoms with E-state index in [0.29, 0.717) is 0 Å². The van der Waals surface area contributed by atoms with Crippen LogP contribution in [0.5, 0.6) is 0 Å². The van der Waals surface area contributed by atoms with E-state index in [1.807, 2.05) is 0 Å². The second-order valence-corrected chi connectivity index (χ2v) is 3.57. The molecule has 0 radical (unpaired) electrons. The van der Waals surface area contributed by atoms with Crippen LogP contribution in [0.2, 0.25) is 0 Å². The van der Waals surface area contributed by atoms with Gasteiger partial charge in [0.1, 0.15) is 0 Å². The minimum atomic E-state index is 0.757. The molecule has 74 valence electrons. The first kappa shape index (κ1) is 12.2. The maximum atomic E-state index is 4.02. The molecule has 0 saturated carbocycles. The van der Waals surface area contributed by atoms with Gasteiger partial charge in [-0.1, -0.05) is 63.6 Å². The van der Waals surface area contributed by atoms with E-state index in [0.717, 1.165) is 18.8 Å². The van der Waals surface area contributed by atoms with Crippen molar-refractivity contribution in [3.05, 3.63) is 36.5 Å². The Kier molecular flexibility index (Phi) is 7.38. The topological polar surface area (TPSA) is 0 Å². The highest BCUT2D eigenvalue weighted by atomic mass is 14.0. The molecule has 0 aromatic carbocycles. The molecule has 0 heterocycles. The largest absolute Gasteiger partial charge is 0.0958 e. The van der Waals surface area contributed by atoms with Gasteiger partial charge in [0.05, 0.1) is 0 Å². The fourth-order valence-electron chi connectivity index (χ4n) is 1.07. The van der Waals surface area contributed by atoms with Crippen LogP contribution in [0, 0.1) is 5.92 Å². The number of allylic oxidation sites excluding steroid dienone is 5. The highest BCUT2D eigenvalue weighted by Crippen LogP contribution is 2.13. The molecule has 0 aliphatic heterocycles. The lowest BCUT2D eigenvalue weighted by Gasteiger charge is -2.06. The first-order chi connectivity index (χ1) is 6.20. The molecule has 0 fully saturated rings. The highest BCUT2D eigenvalue weighted by molar-refractivity contribution is 5.19. The van der Waals surface area contributed by atoms with Gasteiger partial charge in [-0.3, -0.25) is 0 Å². The molecule has 13 heavy (non-hydrogen) atoms. The molecule has 0 aromatic heterocycles. The summed E-state index contributed by atoms with van der Waals surface area (Å²) in [5, 5.41) is 0. The van der Waals surface area contributed by atoms with Crippen molar-refractivity contribution in [3.63, 3.8) is 0 Å². The van der Waals surface area contributed by atoms with E-state index in [4.69, 9.17) is 0 Å². The van der Waals surface area contributed by atoms with Crippen LogP contribution in [0.1, 0.15) is 40.0 Å². The molecule has 1 unspecified atom stereocenters. The first-order valence-electron chi connectivity index (χ1n) is 5.21. The third kappa shape index (κ3) is 7.58. The molecule has 0 aliphatic carbocycles. The Bertz CT molecular complexity index is 184. The van der Waals surface area contributed by atoms with Crippen molar-refractivity contribution in [2.45, 2.75) is 40.0 Å². The second kappa shape index (κ2) is 7.85. The Morgan fingerprint density at radius 2 is 2.00 bits per heavy atom. The average Bonchev–Trinajstić information content (AvgIpc) is 2.12. The smallest absolute Gasteiger partial charge is 0.0259 e. The molecular formula is C13H22. The molecular weight excluding hydrogens is 156 g/mol. The van der Waals surface area contributed by atoms with Crippen LogP contribution in [0.25, 0.3) is 0 Å². The second-order valence-electron chi connectivity index (χ2n) is 3.57. The Balaban J connectivity index is 3.73. The molecule has 0 aliphatic rings. The van der Waals surface area contributed by atoms with E-state index in [2.05, 4.69) is 51.7 Å². The van der Waals surface area contributed by atoms with Crippen molar-refractivity contribution < 1.29 is 0 Å². The summed E-state index contributed by atoms with van der Waals surface area (Å²) >= 11 is 0. The standard InChI is InChI=1S/C13H22/c1-5-7-8-9-10-13(4)11-12(3)6-2/h7-10,12H,4-6,11H2,1-3H3/b8-7-,10-9-. The third-order valence-electron chi connectivity index (χ3n) is 2.12. The minimum absolute atomic E-state index is 0.757. The van der Waals surface area contributed by atoms with Crippen LogP contribution in [0.3, 0.4) is 0 Å². The normalized spacial score (nSPS) is 14.1. The number of hydrogen-bond donors (Lipinski definition) is 0. The zero-order chi connectivity index (χ0) is 10.1. The molecule has 0 nitrogen and oxygen atoms in total. The molecule has 0 bridgehead atoms. The van der Waals surface area contributed by atoms with Gasteiger partial charge in [-0.05, 0) is 18.8 Å². The summed E-state index contributed by atoms with van der Waals surface area (Å²) in [7, 11) is 0. The lowest BCUT2D eigenvalue weighted by atomic mass is 10.00. The minimum Gasteiger partial charge on any atom is -0.0958 e. The predicted molar refractivity (Wildman–Crippen MR) is 61.8 cm³/mol. The molecule has 0 saturated heterocycles. The van der Waals surface area contributed by atoms with Gasteiger partial charge in [0.2, 0.25) is 0 Å². The molecule has 0 spiro atoms. The van der Waals surface area contributed by atoms with Crippen LogP contribution in [0.15, 0.2) is 36.5 Å². The summed E-state index contributed by atoms with van der Waals surface area (Å²) in [4.78, 5) is 0. The maximum absolute atomic E-state index is 4.02. The van der Waals surface area contributed by atoms with E-state index in [9.17, 15) is 0 Å². The zero-order valence-electron chi connectivity index (χ0n) is 9.22. The lowest BCUT2D eigenvalue weighted by molar-refractivity contribution is 0.563. The average molecular weight is 178 g/mol. The maximum Gasteiger partial charge on any atom is -0.0259 e. The van der Waals surface area contributed by atoms with Gasteiger partial charge in [0.15, 0.2) is 0 Å². The summed E-state index contributed by atoms with van der Waals surface area (Å²) in [5.41, 5.74) is 1.23. The number of rotatable bonds is 6. The Morgan fingerprint density at radius 3 is 2.54 bits per heavy atom. The van der Waals surface area contributed by atoms with Crippen molar-refractivity contribution in [3.8, 4) is 0 Å². The van der Waals surface area contributed by atoms with Crippen LogP contribution in [-0.2, 0) is 0 Å². The van der Waals surface area contributed by atoms with Crippen LogP contribution < -0.4 is 0 Å². The molecule has 1 atom stereocenters. The molecule has 0 amide bonds. The van der Waals surface area contributed by atoms with Crippen LogP contribution in [0.4, 0.5) is 0 Å². The Morgan fingerprint density at radius 1 is 1.31 bits per heavy atom. The van der Waals surface area contributed by atoms with Crippen LogP contribution >= 0.6 is 0 Å². The quantitative estimate of drug-likeness (QED) is 0.525. The van der Waals surface area contributed by atoms with E-state index in [1.54, 1.807) is 0 Å². The monoisotopic (exact) mass is 178 g/mol. The van der Waals surface area contributed by atoms with Gasteiger partial charge < -0.3 is 0 Å². The summed E-state index contributed by atoms with van der Waals surface area (Å²) in [6, 6.07) is 0. The van der Waals surface area contributed by atoms with Crippen LogP contribution in [-0.4, -0.2) is 0 Å². The van der Waals surface area contributed by atoms with E-state index >= 15 is 0 Å². The van der Waals surface area contributed by atoms with Gasteiger partial charge in [0, 0.05) is 0 Å². The summed E-state index contributed by atoms with van der Waals surface area (Å²) < 4.78 is 0. The van der Waals surface area contributed by atoms with Crippen molar-refractivity contribution in [2.24, 2.45) is 5.92 Å². The van der Waals surface area contributed by atoms with Crippen molar-refractivity contribution in [1.29, 1.82) is 0 Å². The third-order valence-corrected chi connectivity index (χ3v) is 2.12. The van der Waals surface area contributed by atoms with Crippen molar-refractivity contribution >= 4 is 0 Å². The van der Waals surface area contributed by atoms with Gasteiger partial charge >= 0.3 is 0 Å². The Hall–Kier alpha value is -0.780. The summed E-state index contributed by atoms with van der Waals surface area (Å²) in [6.07, 6.45) is 11.9. The van der Waals surface area contributed by atoms with E-state index in [1.165, 1.54) is 12.0 Å². The molecule has 0 N–H and O–H groups in total. The molecule has 0 heteroatoms. The molecule has 0 aromatic rings. The highest BCUT2D eigenvalue weighted by Gasteiger charge is 1.98. The fourth-order valence-corrected chi connectivity index (χ4v) is 1.07. The van der Waals surface area contributed by atoms with Gasteiger partial charge in [-0.15, -0.1) is 0 Å². The summed E-state index contributed by atoms with van der Waals surface area (Å²) in [5.74, 6) is 0.757.